The third-order valence-electron chi connectivity index (χ3n) is 1.18. The molecule has 0 fully saturated rings. The molecule has 0 heterocycles. The number of hydrogen-bond donors (Lipinski definition) is 0. The number of halogens is 6. The van der Waals surface area contributed by atoms with Crippen molar-refractivity contribution < 1.29 is 31.1 Å². The molecular weight excluding hydrogens is 202 g/mol. The summed E-state index contributed by atoms with van der Waals surface area (Å²) >= 11 is 0. The minimum absolute atomic E-state index is 0.178. The molecule has 0 aliphatic carbocycles. The fourth-order valence-corrected chi connectivity index (χ4v) is 0.479. The summed E-state index contributed by atoms with van der Waals surface area (Å²) in [5.74, 6) is -7.44. The Labute approximate surface area is 70.7 Å². The van der Waals surface area contributed by atoms with Crippen LogP contribution in [0.2, 0.25) is 0 Å². The first-order valence-corrected chi connectivity index (χ1v) is 3.24. The van der Waals surface area contributed by atoms with E-state index < -0.39 is 24.6 Å². The average Bonchev–Trinajstić information content (AvgIpc) is 1.83. The van der Waals surface area contributed by atoms with Crippen LogP contribution >= 0.6 is 0 Å². The van der Waals surface area contributed by atoms with Gasteiger partial charge in [-0.25, -0.2) is 26.3 Å². The van der Waals surface area contributed by atoms with E-state index in [1.165, 1.54) is 0 Å². The predicted octanol–water partition coefficient (Wildman–Crippen LogP) is 2.90. The minimum atomic E-state index is -3.72. The molecule has 0 rings (SSSR count). The zero-order valence-electron chi connectivity index (χ0n) is 6.83. The maximum Gasteiger partial charge on any atom is 0.296 e. The topological polar surface area (TPSA) is 9.23 Å². The van der Waals surface area contributed by atoms with Crippen LogP contribution in [-0.4, -0.2) is 24.6 Å². The normalized spacial score (nSPS) is 21.7. The van der Waals surface area contributed by atoms with E-state index in [0.29, 0.717) is 0 Å². The van der Waals surface area contributed by atoms with Crippen molar-refractivity contribution in [2.75, 3.05) is 0 Å². The van der Waals surface area contributed by atoms with Gasteiger partial charge in [-0.3, -0.25) is 4.74 Å². The quantitative estimate of drug-likeness (QED) is 0.648. The summed E-state index contributed by atoms with van der Waals surface area (Å²) < 4.78 is 75.1. The summed E-state index contributed by atoms with van der Waals surface area (Å²) in [6.45, 7) is 0.357. The van der Waals surface area contributed by atoms with Gasteiger partial charge in [0.1, 0.15) is 0 Å². The molecule has 0 aromatic carbocycles. The van der Waals surface area contributed by atoms with Gasteiger partial charge >= 0.3 is 0 Å². The smallest absolute Gasteiger partial charge is 0.296 e. The SMILES string of the molecule is CC(F)(OC(C)(F)C(F)F)C(F)F. The highest BCUT2D eigenvalue weighted by atomic mass is 19.3. The first kappa shape index (κ1) is 12.5. The molecule has 0 aliphatic rings. The van der Waals surface area contributed by atoms with Crippen LogP contribution in [0.3, 0.4) is 0 Å². The molecule has 0 bridgehead atoms. The van der Waals surface area contributed by atoms with Crippen LogP contribution in [-0.2, 0) is 4.74 Å². The van der Waals surface area contributed by atoms with Gasteiger partial charge in [0.25, 0.3) is 24.6 Å². The van der Waals surface area contributed by atoms with Gasteiger partial charge in [-0.1, -0.05) is 0 Å². The Morgan fingerprint density at radius 3 is 1.23 bits per heavy atom. The molecule has 2 atom stereocenters. The van der Waals surface area contributed by atoms with Crippen molar-refractivity contribution in [2.24, 2.45) is 0 Å². The molecule has 13 heavy (non-hydrogen) atoms. The Balaban J connectivity index is 4.42. The second-order valence-electron chi connectivity index (χ2n) is 2.68. The molecule has 0 spiro atoms. The molecule has 0 radical (unpaired) electrons. The van der Waals surface area contributed by atoms with E-state index in [4.69, 9.17) is 0 Å². The highest BCUT2D eigenvalue weighted by molar-refractivity contribution is 4.72. The highest BCUT2D eigenvalue weighted by Gasteiger charge is 2.48. The Morgan fingerprint density at radius 2 is 1.08 bits per heavy atom. The number of alkyl halides is 6. The lowest BCUT2D eigenvalue weighted by Crippen LogP contribution is -2.44. The number of rotatable bonds is 4. The zero-order chi connectivity index (χ0) is 10.9. The molecule has 0 saturated heterocycles. The maximum absolute atomic E-state index is 12.5. The largest absolute Gasteiger partial charge is 0.299 e. The maximum atomic E-state index is 12.5. The van der Waals surface area contributed by atoms with Crippen LogP contribution < -0.4 is 0 Å². The summed E-state index contributed by atoms with van der Waals surface area (Å²) in [6.07, 6.45) is -7.39. The summed E-state index contributed by atoms with van der Waals surface area (Å²) in [7, 11) is 0. The van der Waals surface area contributed by atoms with Gasteiger partial charge in [0.2, 0.25) is 0 Å². The second kappa shape index (κ2) is 3.73. The molecule has 0 saturated carbocycles. The molecule has 0 aromatic rings. The Kier molecular flexibility index (Phi) is 3.60. The van der Waals surface area contributed by atoms with Crippen molar-refractivity contribution in [1.29, 1.82) is 0 Å². The summed E-state index contributed by atoms with van der Waals surface area (Å²) in [5, 5.41) is 0. The van der Waals surface area contributed by atoms with Crippen LogP contribution in [0.1, 0.15) is 13.8 Å². The van der Waals surface area contributed by atoms with Gasteiger partial charge in [-0.15, -0.1) is 0 Å². The summed E-state index contributed by atoms with van der Waals surface area (Å²) in [6, 6.07) is 0. The lowest BCUT2D eigenvalue weighted by atomic mass is 10.3. The van der Waals surface area contributed by atoms with Crippen LogP contribution in [0.5, 0.6) is 0 Å². The Bertz CT molecular complexity index is 149. The molecule has 7 heteroatoms. The van der Waals surface area contributed by atoms with E-state index in [2.05, 4.69) is 4.74 Å². The highest BCUT2D eigenvalue weighted by Crippen LogP contribution is 2.32. The zero-order valence-corrected chi connectivity index (χ0v) is 6.83. The molecule has 1 nitrogen and oxygen atoms in total. The van der Waals surface area contributed by atoms with E-state index in [-0.39, 0.29) is 13.8 Å². The van der Waals surface area contributed by atoms with Crippen LogP contribution in [0.4, 0.5) is 26.3 Å². The van der Waals surface area contributed by atoms with Crippen molar-refractivity contribution in [3.8, 4) is 0 Å². The van der Waals surface area contributed by atoms with E-state index in [1.807, 2.05) is 0 Å². The van der Waals surface area contributed by atoms with Crippen LogP contribution in [0.15, 0.2) is 0 Å². The Hall–Kier alpha value is -0.460. The van der Waals surface area contributed by atoms with Gasteiger partial charge < -0.3 is 0 Å². The number of hydrogen-bond acceptors (Lipinski definition) is 1. The molecule has 0 amide bonds. The molecule has 0 N–H and O–H groups in total. The van der Waals surface area contributed by atoms with E-state index >= 15 is 0 Å². The first-order chi connectivity index (χ1) is 5.59. The second-order valence-corrected chi connectivity index (χ2v) is 2.68. The van der Waals surface area contributed by atoms with Crippen molar-refractivity contribution in [3.05, 3.63) is 0 Å². The Morgan fingerprint density at radius 1 is 0.846 bits per heavy atom. The van der Waals surface area contributed by atoms with E-state index in [0.717, 1.165) is 0 Å². The van der Waals surface area contributed by atoms with Crippen molar-refractivity contribution in [3.63, 3.8) is 0 Å². The molecule has 0 aromatic heterocycles. The molecular formula is C6H8F6O. The molecule has 2 unspecified atom stereocenters. The lowest BCUT2D eigenvalue weighted by Gasteiger charge is -2.28. The van der Waals surface area contributed by atoms with Gasteiger partial charge in [-0.2, -0.15) is 0 Å². The molecule has 80 valence electrons. The molecule has 0 aliphatic heterocycles. The van der Waals surface area contributed by atoms with Gasteiger partial charge in [0.15, 0.2) is 0 Å². The number of ether oxygens (including phenoxy) is 1. The summed E-state index contributed by atoms with van der Waals surface area (Å²) in [5.41, 5.74) is 0. The monoisotopic (exact) mass is 210 g/mol. The fraction of sp³-hybridized carbons (Fsp3) is 1.00. The standard InChI is InChI=1S/C6H8F6O/c1-5(11,3(7)8)13-6(2,12)4(9)10/h3-4H,1-2H3. The van der Waals surface area contributed by atoms with Crippen molar-refractivity contribution >= 4 is 0 Å². The van der Waals surface area contributed by atoms with Gasteiger partial charge in [-0.05, 0) is 0 Å². The summed E-state index contributed by atoms with van der Waals surface area (Å²) in [4.78, 5) is 0. The first-order valence-electron chi connectivity index (χ1n) is 3.24. The lowest BCUT2D eigenvalue weighted by molar-refractivity contribution is -0.329. The van der Waals surface area contributed by atoms with Gasteiger partial charge in [0.05, 0.1) is 0 Å². The van der Waals surface area contributed by atoms with Crippen LogP contribution in [0.25, 0.3) is 0 Å². The third-order valence-corrected chi connectivity index (χ3v) is 1.18. The average molecular weight is 210 g/mol. The third kappa shape index (κ3) is 3.41. The van der Waals surface area contributed by atoms with E-state index in [1.54, 1.807) is 0 Å². The van der Waals surface area contributed by atoms with Crippen LogP contribution in [0, 0.1) is 0 Å². The predicted molar refractivity (Wildman–Crippen MR) is 32.1 cm³/mol. The van der Waals surface area contributed by atoms with Gasteiger partial charge in [0, 0.05) is 13.8 Å². The van der Waals surface area contributed by atoms with Crippen molar-refractivity contribution in [1.82, 2.24) is 0 Å². The van der Waals surface area contributed by atoms with E-state index in [9.17, 15) is 26.3 Å². The fourth-order valence-electron chi connectivity index (χ4n) is 0.479. The van der Waals surface area contributed by atoms with Crippen molar-refractivity contribution in [2.45, 2.75) is 38.4 Å². The minimum Gasteiger partial charge on any atom is -0.299 e.